The van der Waals surface area contributed by atoms with Crippen LogP contribution in [0.3, 0.4) is 0 Å². The lowest BCUT2D eigenvalue weighted by molar-refractivity contribution is 0.107. The molecule has 4 atom stereocenters. The van der Waals surface area contributed by atoms with Gasteiger partial charge in [-0.3, -0.25) is 4.90 Å². The Bertz CT molecular complexity index is 1760. The summed E-state index contributed by atoms with van der Waals surface area (Å²) in [5, 5.41) is 3.75. The average molecular weight is 596 g/mol. The maximum Gasteiger partial charge on any atom is 0.319 e. The van der Waals surface area contributed by atoms with Gasteiger partial charge in [0.05, 0.1) is 11.1 Å². The molecule has 224 valence electrons. The highest BCUT2D eigenvalue weighted by atomic mass is 19.2. The third-order valence-corrected chi connectivity index (χ3v) is 9.90. The van der Waals surface area contributed by atoms with Crippen LogP contribution in [0.1, 0.15) is 32.1 Å². The minimum absolute atomic E-state index is 0.0722. The molecule has 43 heavy (non-hydrogen) atoms. The number of halogens is 5. The summed E-state index contributed by atoms with van der Waals surface area (Å²) in [6, 6.07) is 8.22. The van der Waals surface area contributed by atoms with Crippen molar-refractivity contribution < 1.29 is 26.7 Å². The Kier molecular flexibility index (Phi) is 6.27. The van der Waals surface area contributed by atoms with Crippen LogP contribution in [0.25, 0.3) is 32.8 Å². The molecule has 2 bridgehead atoms. The Hall–Kier alpha value is -3.57. The van der Waals surface area contributed by atoms with E-state index in [1.54, 1.807) is 12.1 Å². The monoisotopic (exact) mass is 595 g/mol. The second-order valence-electron chi connectivity index (χ2n) is 12.4. The van der Waals surface area contributed by atoms with Crippen molar-refractivity contribution in [1.29, 1.82) is 0 Å². The van der Waals surface area contributed by atoms with E-state index >= 15 is 13.2 Å². The van der Waals surface area contributed by atoms with Gasteiger partial charge in [-0.1, -0.05) is 24.3 Å². The highest BCUT2D eigenvalue weighted by Gasteiger charge is 2.49. The van der Waals surface area contributed by atoms with E-state index in [1.807, 2.05) is 0 Å². The first-order valence-corrected chi connectivity index (χ1v) is 14.9. The molecule has 6 nitrogen and oxygen atoms in total. The van der Waals surface area contributed by atoms with Gasteiger partial charge in [0.2, 0.25) is 0 Å². The van der Waals surface area contributed by atoms with Gasteiger partial charge in [0.15, 0.2) is 17.5 Å². The quantitative estimate of drug-likeness (QED) is 0.290. The first kappa shape index (κ1) is 27.0. The summed E-state index contributed by atoms with van der Waals surface area (Å²) in [5.41, 5.74) is -1.26. The van der Waals surface area contributed by atoms with Crippen molar-refractivity contribution in [3.05, 3.63) is 59.7 Å². The summed E-state index contributed by atoms with van der Waals surface area (Å²) in [6.45, 7) is 2.62. The molecule has 6 heterocycles. The van der Waals surface area contributed by atoms with E-state index in [0.29, 0.717) is 37.3 Å². The number of hydrogen-bond donors (Lipinski definition) is 1. The number of piperidine rings is 2. The molecule has 0 saturated carbocycles. The maximum atomic E-state index is 16.6. The summed E-state index contributed by atoms with van der Waals surface area (Å²) in [5.74, 6) is -3.87. The number of fused-ring (bicyclic) bond motifs is 6. The van der Waals surface area contributed by atoms with Crippen LogP contribution in [-0.4, -0.2) is 71.4 Å². The van der Waals surface area contributed by atoms with Gasteiger partial charge in [0.25, 0.3) is 0 Å². The topological polar surface area (TPSA) is 53.5 Å². The van der Waals surface area contributed by atoms with Gasteiger partial charge in [0.1, 0.15) is 29.9 Å². The molecule has 1 N–H and O–H groups in total. The van der Waals surface area contributed by atoms with Gasteiger partial charge >= 0.3 is 6.01 Å². The number of rotatable bonds is 5. The fraction of sp³-hybridized carbons (Fsp3) is 0.438. The number of alkyl halides is 1. The zero-order valence-corrected chi connectivity index (χ0v) is 23.4. The van der Waals surface area contributed by atoms with Gasteiger partial charge in [-0.2, -0.15) is 9.97 Å². The van der Waals surface area contributed by atoms with Crippen molar-refractivity contribution in [3.63, 3.8) is 0 Å². The summed E-state index contributed by atoms with van der Waals surface area (Å²) in [6.07, 6.45) is 3.02. The lowest BCUT2D eigenvalue weighted by atomic mass is 9.92. The number of benzene rings is 3. The first-order valence-electron chi connectivity index (χ1n) is 14.9. The van der Waals surface area contributed by atoms with E-state index in [4.69, 9.17) is 9.72 Å². The summed E-state index contributed by atoms with van der Waals surface area (Å²) in [4.78, 5) is 13.3. The maximum absolute atomic E-state index is 16.6. The second kappa shape index (κ2) is 9.99. The van der Waals surface area contributed by atoms with Gasteiger partial charge < -0.3 is 15.0 Å². The SMILES string of the molecule is Fc1cc2c(N3C[C@@H]4CC[C@H]3CN4)nc(OC[C@@]34CCCN3C[C@H](F)C4)nc2c(F)c1-c1cccc2ccc(F)c(F)c12. The van der Waals surface area contributed by atoms with Crippen molar-refractivity contribution in [2.24, 2.45) is 0 Å². The molecular weight excluding hydrogens is 565 g/mol. The molecule has 11 heteroatoms. The van der Waals surface area contributed by atoms with Crippen LogP contribution in [0.5, 0.6) is 6.01 Å². The smallest absolute Gasteiger partial charge is 0.319 e. The van der Waals surface area contributed by atoms with Gasteiger partial charge in [0, 0.05) is 48.9 Å². The molecule has 9 rings (SSSR count). The Labute approximate surface area is 244 Å². The van der Waals surface area contributed by atoms with Crippen molar-refractivity contribution in [2.75, 3.05) is 37.7 Å². The normalized spacial score (nSPS) is 27.0. The van der Waals surface area contributed by atoms with Crippen LogP contribution in [-0.2, 0) is 0 Å². The number of piperazine rings is 1. The van der Waals surface area contributed by atoms with Crippen LogP contribution in [0.2, 0.25) is 0 Å². The third-order valence-electron chi connectivity index (χ3n) is 9.90. The molecule has 5 fully saturated rings. The van der Waals surface area contributed by atoms with Gasteiger partial charge in [-0.05, 0) is 55.3 Å². The predicted octanol–water partition coefficient (Wildman–Crippen LogP) is 5.90. The summed E-state index contributed by atoms with van der Waals surface area (Å²) < 4.78 is 82.5. The van der Waals surface area contributed by atoms with Crippen LogP contribution in [0.15, 0.2) is 36.4 Å². The molecule has 0 radical (unpaired) electrons. The zero-order valence-electron chi connectivity index (χ0n) is 23.4. The highest BCUT2D eigenvalue weighted by molar-refractivity contribution is 6.01. The van der Waals surface area contributed by atoms with E-state index < -0.39 is 40.5 Å². The van der Waals surface area contributed by atoms with Crippen molar-refractivity contribution in [1.82, 2.24) is 20.2 Å². The molecule has 5 aliphatic rings. The molecule has 5 aliphatic heterocycles. The molecule has 4 aromatic rings. The van der Waals surface area contributed by atoms with Crippen molar-refractivity contribution >= 4 is 27.5 Å². The van der Waals surface area contributed by atoms with E-state index in [0.717, 1.165) is 38.3 Å². The number of ether oxygens (including phenoxy) is 1. The molecule has 1 aromatic heterocycles. The molecule has 3 aromatic carbocycles. The predicted molar refractivity (Wildman–Crippen MR) is 153 cm³/mol. The van der Waals surface area contributed by atoms with Crippen LogP contribution in [0.4, 0.5) is 27.8 Å². The van der Waals surface area contributed by atoms with Crippen LogP contribution < -0.4 is 15.0 Å². The molecular formula is C32H30F5N5O. The Balaban J connectivity index is 1.29. The number of anilines is 1. The summed E-state index contributed by atoms with van der Waals surface area (Å²) >= 11 is 0. The van der Waals surface area contributed by atoms with E-state index in [1.165, 1.54) is 18.2 Å². The Morgan fingerprint density at radius 1 is 1.00 bits per heavy atom. The zero-order chi connectivity index (χ0) is 29.5. The average Bonchev–Trinajstić information content (AvgIpc) is 3.54. The first-order chi connectivity index (χ1) is 20.8. The molecule has 0 amide bonds. The summed E-state index contributed by atoms with van der Waals surface area (Å²) in [7, 11) is 0. The number of hydrogen-bond acceptors (Lipinski definition) is 6. The van der Waals surface area contributed by atoms with E-state index in [2.05, 4.69) is 20.1 Å². The standard InChI is InChI=1S/C32H30F5N5O/c33-18-12-32(9-2-10-41(32)14-18)16-43-31-39-29-22(30(40-31)42-15-19-6-7-20(42)13-38-19)11-24(35)26(28(29)37)21-4-1-3-17-5-8-23(34)27(36)25(17)21/h1,3-5,8,11,18-20,38H,2,6-7,9-10,12-16H2/t18-,19+,20+,32+/m1/s1. The minimum atomic E-state index is -1.18. The minimum Gasteiger partial charge on any atom is -0.461 e. The fourth-order valence-electron chi connectivity index (χ4n) is 7.82. The molecule has 0 spiro atoms. The van der Waals surface area contributed by atoms with Crippen molar-refractivity contribution in [3.8, 4) is 17.1 Å². The van der Waals surface area contributed by atoms with E-state index in [9.17, 15) is 8.78 Å². The van der Waals surface area contributed by atoms with Gasteiger partial charge in [-0.15, -0.1) is 0 Å². The Morgan fingerprint density at radius 2 is 1.88 bits per heavy atom. The molecule has 5 saturated heterocycles. The fourth-order valence-corrected chi connectivity index (χ4v) is 7.82. The molecule has 0 aliphatic carbocycles. The van der Waals surface area contributed by atoms with Crippen molar-refractivity contribution in [2.45, 2.75) is 55.9 Å². The number of nitrogens with one attached hydrogen (secondary N) is 1. The van der Waals surface area contributed by atoms with Gasteiger partial charge in [-0.25, -0.2) is 22.0 Å². The van der Waals surface area contributed by atoms with Crippen LogP contribution >= 0.6 is 0 Å². The highest BCUT2D eigenvalue weighted by Crippen LogP contribution is 2.43. The molecule has 0 unspecified atom stereocenters. The largest absolute Gasteiger partial charge is 0.461 e. The number of nitrogens with zero attached hydrogens (tertiary/aromatic N) is 4. The second-order valence-corrected chi connectivity index (χ2v) is 12.4. The number of aromatic nitrogens is 2. The lowest BCUT2D eigenvalue weighted by Crippen LogP contribution is -2.61. The van der Waals surface area contributed by atoms with E-state index in [-0.39, 0.29) is 46.6 Å². The van der Waals surface area contributed by atoms with Crippen LogP contribution in [0, 0.1) is 23.3 Å². The lowest BCUT2D eigenvalue weighted by Gasteiger charge is -2.46. The third kappa shape index (κ3) is 4.26. The Morgan fingerprint density at radius 3 is 2.67 bits per heavy atom.